The molecule has 2 saturated heterocycles. The quantitative estimate of drug-likeness (QED) is 0.341. The van der Waals surface area contributed by atoms with E-state index in [1.54, 1.807) is 0 Å². The minimum atomic E-state index is -1.22. The number of rotatable bonds is 10. The number of methoxy groups -OCH3 is 1. The fourth-order valence-electron chi connectivity index (χ4n) is 6.65. The Kier molecular flexibility index (Phi) is 7.98. The van der Waals surface area contributed by atoms with Gasteiger partial charge in [-0.1, -0.05) is 13.3 Å². The summed E-state index contributed by atoms with van der Waals surface area (Å²) in [4.78, 5) is 38.3. The number of ether oxygens (including phenoxy) is 3. The van der Waals surface area contributed by atoms with Crippen molar-refractivity contribution in [1.29, 1.82) is 0 Å². The van der Waals surface area contributed by atoms with E-state index in [4.69, 9.17) is 14.2 Å². The monoisotopic (exact) mass is 562 g/mol. The second-order valence-corrected chi connectivity index (χ2v) is 12.2. The van der Waals surface area contributed by atoms with Gasteiger partial charge in [-0.05, 0) is 62.8 Å². The number of halogens is 1. The Bertz CT molecular complexity index is 1150. The lowest BCUT2D eigenvalue weighted by molar-refractivity contribution is -0.155. The maximum atomic E-state index is 14.9. The summed E-state index contributed by atoms with van der Waals surface area (Å²) >= 11 is 0. The fraction of sp³-hybridized carbons (Fsp3) is 0.690. The molecule has 1 aromatic rings. The maximum absolute atomic E-state index is 14.9. The lowest BCUT2D eigenvalue weighted by atomic mass is 9.70. The van der Waals surface area contributed by atoms with Crippen LogP contribution in [0, 0.1) is 22.6 Å². The van der Waals surface area contributed by atoms with Crippen LogP contribution in [0.4, 0.5) is 4.39 Å². The third kappa shape index (κ3) is 5.37. The van der Waals surface area contributed by atoms with Gasteiger partial charge in [0, 0.05) is 12.6 Å². The van der Waals surface area contributed by atoms with E-state index in [2.05, 4.69) is 17.6 Å². The van der Waals surface area contributed by atoms with Gasteiger partial charge in [-0.15, -0.1) is 0 Å². The highest BCUT2D eigenvalue weighted by Crippen LogP contribution is 2.42. The summed E-state index contributed by atoms with van der Waals surface area (Å²) in [5.41, 5.74) is -1.03. The highest BCUT2D eigenvalue weighted by Gasteiger charge is 2.53. The Morgan fingerprint density at radius 2 is 1.77 bits per heavy atom. The first-order valence-electron chi connectivity index (χ1n) is 14.2. The lowest BCUT2D eigenvalue weighted by Gasteiger charge is -2.39. The van der Waals surface area contributed by atoms with Crippen LogP contribution in [0.3, 0.4) is 0 Å². The summed E-state index contributed by atoms with van der Waals surface area (Å²) in [7, 11) is 1.34. The summed E-state index contributed by atoms with van der Waals surface area (Å²) < 4.78 is 32.1. The molecular weight excluding hydrogens is 523 g/mol. The number of amides is 2. The van der Waals surface area contributed by atoms with Crippen LogP contribution in [0.5, 0.6) is 11.5 Å². The normalized spacial score (nSPS) is 32.1. The van der Waals surface area contributed by atoms with E-state index in [0.717, 1.165) is 31.7 Å². The van der Waals surface area contributed by atoms with E-state index in [-0.39, 0.29) is 53.4 Å². The van der Waals surface area contributed by atoms with Crippen molar-refractivity contribution in [3.05, 3.63) is 23.5 Å². The van der Waals surface area contributed by atoms with Crippen LogP contribution in [-0.4, -0.2) is 72.6 Å². The number of aliphatic hydroxyl groups excluding tert-OH is 1. The van der Waals surface area contributed by atoms with Crippen LogP contribution >= 0.6 is 0 Å². The molecule has 2 bridgehead atoms. The van der Waals surface area contributed by atoms with Crippen LogP contribution in [0.2, 0.25) is 0 Å². The number of carbonyl (C=O) groups excluding carboxylic acids is 2. The molecule has 4 N–H and O–H groups in total. The first-order valence-corrected chi connectivity index (χ1v) is 14.2. The van der Waals surface area contributed by atoms with Crippen LogP contribution in [0.15, 0.2) is 12.1 Å². The van der Waals surface area contributed by atoms with Crippen LogP contribution < -0.4 is 20.1 Å². The van der Waals surface area contributed by atoms with Crippen molar-refractivity contribution < 1.29 is 43.2 Å². The van der Waals surface area contributed by atoms with Crippen LogP contribution in [0.25, 0.3) is 0 Å². The van der Waals surface area contributed by atoms with E-state index in [0.29, 0.717) is 19.4 Å². The van der Waals surface area contributed by atoms with E-state index in [1.165, 1.54) is 19.6 Å². The molecule has 0 radical (unpaired) electrons. The molecule has 2 saturated carbocycles. The molecule has 4 fully saturated rings. The standard InChI is InChI=1S/C29H39FN2O8/c1-28(8-3-9-28)14-31-26(35)23-19-4-5-20(40-19)24(23)32-25(34)17-12-22(18(30)13-21(17)38-2)39-16-6-10-29(15-33,11-7-16)27(36)37/h12-13,16,19-20,23-24,33H,3-11,14-15H2,1-2H3,(H,31,35)(H,32,34)(H,36,37)/t16?,19-,20+,23?,24-,29?/m0/s1. The predicted octanol–water partition coefficient (Wildman–Crippen LogP) is 2.80. The zero-order valence-corrected chi connectivity index (χ0v) is 23.0. The molecule has 11 heteroatoms. The summed E-state index contributed by atoms with van der Waals surface area (Å²) in [6.45, 7) is 2.29. The number of carboxylic acids is 1. The molecule has 40 heavy (non-hydrogen) atoms. The third-order valence-electron chi connectivity index (χ3n) is 9.56. The van der Waals surface area contributed by atoms with Crippen molar-refractivity contribution in [1.82, 2.24) is 10.6 Å². The van der Waals surface area contributed by atoms with Gasteiger partial charge in [0.15, 0.2) is 11.6 Å². The molecule has 1 aromatic carbocycles. The zero-order valence-electron chi connectivity index (χ0n) is 23.0. The second kappa shape index (κ2) is 11.2. The first kappa shape index (κ1) is 28.6. The number of hydrogen-bond donors (Lipinski definition) is 4. The number of carboxylic acid groups (broad SMARTS) is 1. The minimum absolute atomic E-state index is 0.0270. The van der Waals surface area contributed by atoms with Gasteiger partial charge >= 0.3 is 5.97 Å². The molecule has 2 aliphatic heterocycles. The van der Waals surface area contributed by atoms with Crippen molar-refractivity contribution in [3.63, 3.8) is 0 Å². The molecule has 220 valence electrons. The van der Waals surface area contributed by atoms with Gasteiger partial charge in [0.25, 0.3) is 5.91 Å². The van der Waals surface area contributed by atoms with Gasteiger partial charge < -0.3 is 35.1 Å². The Hall–Kier alpha value is -2.92. The Balaban J connectivity index is 1.28. The predicted molar refractivity (Wildman–Crippen MR) is 141 cm³/mol. The maximum Gasteiger partial charge on any atom is 0.311 e. The van der Waals surface area contributed by atoms with Gasteiger partial charge in [0.05, 0.1) is 55.0 Å². The Morgan fingerprint density at radius 1 is 1.07 bits per heavy atom. The van der Waals surface area contributed by atoms with E-state index < -0.39 is 47.8 Å². The van der Waals surface area contributed by atoms with E-state index >= 15 is 0 Å². The molecule has 5 rings (SSSR count). The zero-order chi connectivity index (χ0) is 28.7. The van der Waals surface area contributed by atoms with Crippen molar-refractivity contribution in [2.45, 2.75) is 89.1 Å². The van der Waals surface area contributed by atoms with E-state index in [9.17, 15) is 29.0 Å². The molecule has 4 aliphatic rings. The Morgan fingerprint density at radius 3 is 2.38 bits per heavy atom. The summed E-state index contributed by atoms with van der Waals surface area (Å²) in [5, 5.41) is 25.1. The van der Waals surface area contributed by atoms with Crippen molar-refractivity contribution >= 4 is 17.8 Å². The van der Waals surface area contributed by atoms with Crippen LogP contribution in [0.1, 0.15) is 75.1 Å². The number of nitrogens with one attached hydrogen (secondary N) is 2. The molecule has 1 unspecified atom stereocenters. The van der Waals surface area contributed by atoms with Gasteiger partial charge in [-0.3, -0.25) is 14.4 Å². The summed E-state index contributed by atoms with van der Waals surface area (Å²) in [6.07, 6.45) is 4.83. The molecule has 10 nitrogen and oxygen atoms in total. The minimum Gasteiger partial charge on any atom is -0.496 e. The molecule has 4 atom stereocenters. The Labute approximate surface area is 232 Å². The van der Waals surface area contributed by atoms with Gasteiger partial charge in [-0.2, -0.15) is 0 Å². The topological polar surface area (TPSA) is 143 Å². The van der Waals surface area contributed by atoms with Crippen molar-refractivity contribution in [2.75, 3.05) is 20.3 Å². The highest BCUT2D eigenvalue weighted by molar-refractivity contribution is 5.98. The van der Waals surface area contributed by atoms with Crippen LogP contribution in [-0.2, 0) is 14.3 Å². The number of aliphatic hydroxyl groups is 1. The number of benzene rings is 1. The molecule has 2 aliphatic carbocycles. The lowest BCUT2D eigenvalue weighted by Crippen LogP contribution is -2.53. The molecule has 2 heterocycles. The summed E-state index contributed by atoms with van der Waals surface area (Å²) in [6, 6.07) is 1.85. The van der Waals surface area contributed by atoms with E-state index in [1.807, 2.05) is 0 Å². The van der Waals surface area contributed by atoms with Crippen molar-refractivity contribution in [3.8, 4) is 11.5 Å². The third-order valence-corrected chi connectivity index (χ3v) is 9.56. The van der Waals surface area contributed by atoms with Crippen molar-refractivity contribution in [2.24, 2.45) is 16.7 Å². The second-order valence-electron chi connectivity index (χ2n) is 12.2. The molecule has 2 amide bonds. The molecular formula is C29H39FN2O8. The van der Waals surface area contributed by atoms with Gasteiger partial charge in [0.2, 0.25) is 5.91 Å². The van der Waals surface area contributed by atoms with Gasteiger partial charge in [-0.25, -0.2) is 4.39 Å². The average Bonchev–Trinajstić information content (AvgIpc) is 3.54. The largest absolute Gasteiger partial charge is 0.496 e. The number of aliphatic carboxylic acids is 1. The fourth-order valence-corrected chi connectivity index (χ4v) is 6.65. The van der Waals surface area contributed by atoms with Gasteiger partial charge in [0.1, 0.15) is 5.75 Å². The number of hydrogen-bond acceptors (Lipinski definition) is 7. The first-order chi connectivity index (χ1) is 19.1. The molecule has 0 spiro atoms. The average molecular weight is 563 g/mol. The highest BCUT2D eigenvalue weighted by atomic mass is 19.1. The smallest absolute Gasteiger partial charge is 0.311 e. The summed E-state index contributed by atoms with van der Waals surface area (Å²) in [5.74, 6) is -3.06. The number of carbonyl (C=O) groups is 3. The molecule has 0 aromatic heterocycles. The number of fused-ring (bicyclic) bond motifs is 2. The SMILES string of the molecule is COc1cc(F)c(OC2CCC(CO)(C(=O)O)CC2)cc1C(=O)N[C@@H]1C(C(=O)NCC2(C)CCC2)[C@@H]2CC[C@H]1O2.